The topological polar surface area (TPSA) is 112 Å². The van der Waals surface area contributed by atoms with Gasteiger partial charge in [-0.15, -0.1) is 11.3 Å². The molecule has 0 spiro atoms. The molecule has 5 aromatic rings. The first kappa shape index (κ1) is 22.1. The fourth-order valence-electron chi connectivity index (χ4n) is 3.63. The Morgan fingerprint density at radius 2 is 1.91 bits per heavy atom. The Hall–Kier alpha value is -4.74. The Labute approximate surface area is 205 Å². The molecule has 0 saturated heterocycles. The van der Waals surface area contributed by atoms with Crippen LogP contribution in [0.5, 0.6) is 0 Å². The van der Waals surface area contributed by atoms with E-state index in [1.807, 2.05) is 47.8 Å². The number of pyridine rings is 2. The fraction of sp³-hybridized carbons (Fsp3) is 0.0370. The Bertz CT molecular complexity index is 1520. The number of carboxylic acids is 1. The van der Waals surface area contributed by atoms with Crippen molar-refractivity contribution in [3.63, 3.8) is 0 Å². The van der Waals surface area contributed by atoms with E-state index in [0.29, 0.717) is 35.0 Å². The van der Waals surface area contributed by atoms with E-state index in [0.717, 1.165) is 21.7 Å². The van der Waals surface area contributed by atoms with Gasteiger partial charge in [-0.25, -0.2) is 9.78 Å². The Balaban J connectivity index is 1.54. The summed E-state index contributed by atoms with van der Waals surface area (Å²) in [5.41, 5.74) is 3.63. The average molecular weight is 479 g/mol. The van der Waals surface area contributed by atoms with E-state index >= 15 is 0 Å². The number of anilines is 1. The highest BCUT2D eigenvalue weighted by Crippen LogP contribution is 2.36. The number of carboxylic acid groups (broad SMARTS) is 1. The molecule has 1 aromatic carbocycles. The molecule has 7 nitrogen and oxygen atoms in total. The highest BCUT2D eigenvalue weighted by atomic mass is 32.1. The quantitative estimate of drug-likeness (QED) is 0.282. The lowest BCUT2D eigenvalue weighted by molar-refractivity contribution is 0.0697. The van der Waals surface area contributed by atoms with E-state index in [1.54, 1.807) is 48.0 Å². The Morgan fingerprint density at radius 1 is 1.09 bits per heavy atom. The molecule has 4 heterocycles. The van der Waals surface area contributed by atoms with E-state index in [2.05, 4.69) is 16.4 Å². The SMILES string of the molecule is N#Cc1c(-c2ccc(-c3cccnc3)o2)cc(-c2cccs2)nc1NCc1ccc(C(=O)O)cc1. The van der Waals surface area contributed by atoms with Crippen LogP contribution in [0.4, 0.5) is 5.82 Å². The zero-order chi connectivity index (χ0) is 24.2. The number of hydrogen-bond donors (Lipinski definition) is 2. The van der Waals surface area contributed by atoms with Crippen LogP contribution in [-0.2, 0) is 6.54 Å². The first-order valence-corrected chi connectivity index (χ1v) is 11.6. The van der Waals surface area contributed by atoms with Crippen LogP contribution in [0.2, 0.25) is 0 Å². The zero-order valence-corrected chi connectivity index (χ0v) is 19.1. The van der Waals surface area contributed by atoms with E-state index in [-0.39, 0.29) is 5.56 Å². The van der Waals surface area contributed by atoms with Gasteiger partial charge in [0.05, 0.1) is 16.1 Å². The molecule has 0 bridgehead atoms. The third-order valence-electron chi connectivity index (χ3n) is 5.38. The third kappa shape index (κ3) is 4.67. The van der Waals surface area contributed by atoms with Crippen LogP contribution in [0.15, 0.2) is 88.9 Å². The van der Waals surface area contributed by atoms with Crippen molar-refractivity contribution in [2.45, 2.75) is 6.54 Å². The summed E-state index contributed by atoms with van der Waals surface area (Å²) in [7, 11) is 0. The van der Waals surface area contributed by atoms with Crippen LogP contribution in [-0.4, -0.2) is 21.0 Å². The van der Waals surface area contributed by atoms with Crippen LogP contribution < -0.4 is 5.32 Å². The molecule has 0 unspecified atom stereocenters. The number of benzene rings is 1. The minimum Gasteiger partial charge on any atom is -0.478 e. The molecule has 170 valence electrons. The molecule has 0 fully saturated rings. The molecular weight excluding hydrogens is 460 g/mol. The number of thiophene rings is 1. The van der Waals surface area contributed by atoms with Gasteiger partial charge in [0.2, 0.25) is 0 Å². The van der Waals surface area contributed by atoms with Crippen LogP contribution in [0.3, 0.4) is 0 Å². The number of aromatic carboxylic acids is 1. The summed E-state index contributed by atoms with van der Waals surface area (Å²) >= 11 is 1.56. The first-order valence-electron chi connectivity index (χ1n) is 10.7. The summed E-state index contributed by atoms with van der Waals surface area (Å²) in [4.78, 5) is 21.0. The number of nitriles is 1. The third-order valence-corrected chi connectivity index (χ3v) is 6.28. The molecule has 0 aliphatic heterocycles. The number of hydrogen-bond acceptors (Lipinski definition) is 7. The van der Waals surface area contributed by atoms with E-state index in [1.165, 1.54) is 0 Å². The smallest absolute Gasteiger partial charge is 0.335 e. The molecule has 2 N–H and O–H groups in total. The predicted octanol–water partition coefficient (Wildman–Crippen LogP) is 6.31. The van der Waals surface area contributed by atoms with Crippen molar-refractivity contribution in [2.24, 2.45) is 0 Å². The van der Waals surface area contributed by atoms with Gasteiger partial charge in [-0.1, -0.05) is 18.2 Å². The standard InChI is InChI=1S/C27H18N4O3S/c28-14-21-20(24-10-9-23(34-24)19-3-1-11-29-16-19)13-22(25-4-2-12-35-25)31-26(21)30-15-17-5-7-18(8-6-17)27(32)33/h1-13,16H,15H2,(H,30,31)(H,32,33). The minimum absolute atomic E-state index is 0.216. The van der Waals surface area contributed by atoms with Gasteiger partial charge in [-0.2, -0.15) is 5.26 Å². The number of carbonyl (C=O) groups is 1. The molecule has 8 heteroatoms. The van der Waals surface area contributed by atoms with Crippen molar-refractivity contribution in [1.29, 1.82) is 5.26 Å². The maximum absolute atomic E-state index is 11.1. The molecule has 0 aliphatic rings. The summed E-state index contributed by atoms with van der Waals surface area (Å²) in [6.45, 7) is 0.369. The molecule has 0 saturated carbocycles. The normalized spacial score (nSPS) is 10.6. The van der Waals surface area contributed by atoms with Crippen molar-refractivity contribution in [2.75, 3.05) is 5.32 Å². The highest BCUT2D eigenvalue weighted by molar-refractivity contribution is 7.13. The fourth-order valence-corrected chi connectivity index (χ4v) is 4.31. The second-order valence-electron chi connectivity index (χ2n) is 7.63. The van der Waals surface area contributed by atoms with Gasteiger partial charge < -0.3 is 14.8 Å². The van der Waals surface area contributed by atoms with Gasteiger partial charge in [0, 0.05) is 30.1 Å². The minimum atomic E-state index is -0.977. The van der Waals surface area contributed by atoms with Gasteiger partial charge in [0.15, 0.2) is 0 Å². The summed E-state index contributed by atoms with van der Waals surface area (Å²) in [6, 6.07) is 22.1. The van der Waals surface area contributed by atoms with E-state index in [9.17, 15) is 10.1 Å². The second-order valence-corrected chi connectivity index (χ2v) is 8.58. The molecule has 0 amide bonds. The summed E-state index contributed by atoms with van der Waals surface area (Å²) in [5, 5.41) is 24.4. The van der Waals surface area contributed by atoms with Crippen molar-refractivity contribution < 1.29 is 14.3 Å². The molecule has 35 heavy (non-hydrogen) atoms. The largest absolute Gasteiger partial charge is 0.478 e. The van der Waals surface area contributed by atoms with E-state index in [4.69, 9.17) is 14.5 Å². The highest BCUT2D eigenvalue weighted by Gasteiger charge is 2.19. The van der Waals surface area contributed by atoms with Crippen molar-refractivity contribution >= 4 is 23.1 Å². The van der Waals surface area contributed by atoms with Crippen LogP contribution in [0, 0.1) is 11.3 Å². The molecule has 0 aliphatic carbocycles. The molecule has 0 radical (unpaired) electrons. The number of rotatable bonds is 7. The van der Waals surface area contributed by atoms with Gasteiger partial charge in [-0.05, 0) is 59.5 Å². The van der Waals surface area contributed by atoms with Crippen LogP contribution in [0.25, 0.3) is 33.2 Å². The monoisotopic (exact) mass is 478 g/mol. The Morgan fingerprint density at radius 3 is 2.60 bits per heavy atom. The maximum atomic E-state index is 11.1. The summed E-state index contributed by atoms with van der Waals surface area (Å²) in [5.74, 6) is 0.652. The molecular formula is C27H18N4O3S. The lowest BCUT2D eigenvalue weighted by Crippen LogP contribution is -2.06. The zero-order valence-electron chi connectivity index (χ0n) is 18.3. The van der Waals surface area contributed by atoms with Gasteiger partial charge in [0.1, 0.15) is 29.0 Å². The summed E-state index contributed by atoms with van der Waals surface area (Å²) in [6.07, 6.45) is 3.42. The second kappa shape index (κ2) is 9.63. The average Bonchev–Trinajstić information content (AvgIpc) is 3.61. The van der Waals surface area contributed by atoms with Crippen molar-refractivity contribution in [1.82, 2.24) is 9.97 Å². The lowest BCUT2D eigenvalue weighted by Gasteiger charge is -2.12. The molecule has 5 rings (SSSR count). The van der Waals surface area contributed by atoms with Gasteiger partial charge in [0.25, 0.3) is 0 Å². The van der Waals surface area contributed by atoms with Crippen LogP contribution >= 0.6 is 11.3 Å². The number of nitrogens with zero attached hydrogens (tertiary/aromatic N) is 3. The number of furan rings is 1. The van der Waals surface area contributed by atoms with Crippen molar-refractivity contribution in [3.05, 3.63) is 101 Å². The molecule has 0 atom stereocenters. The molecule has 4 aromatic heterocycles. The number of aromatic nitrogens is 2. The van der Waals surface area contributed by atoms with Gasteiger partial charge >= 0.3 is 5.97 Å². The Kier molecular flexibility index (Phi) is 6.07. The summed E-state index contributed by atoms with van der Waals surface area (Å²) < 4.78 is 6.13. The predicted molar refractivity (Wildman–Crippen MR) is 134 cm³/mol. The van der Waals surface area contributed by atoms with Crippen LogP contribution in [0.1, 0.15) is 21.5 Å². The van der Waals surface area contributed by atoms with Gasteiger partial charge in [-0.3, -0.25) is 4.98 Å². The first-order chi connectivity index (χ1) is 17.1. The lowest BCUT2D eigenvalue weighted by atomic mass is 10.1. The van der Waals surface area contributed by atoms with E-state index < -0.39 is 5.97 Å². The van der Waals surface area contributed by atoms with Crippen molar-refractivity contribution in [3.8, 4) is 39.3 Å². The maximum Gasteiger partial charge on any atom is 0.335 e. The number of nitrogens with one attached hydrogen (secondary N) is 1.